The van der Waals surface area contributed by atoms with E-state index in [0.717, 1.165) is 25.4 Å². The van der Waals surface area contributed by atoms with Crippen LogP contribution < -0.4 is 5.73 Å². The first-order chi connectivity index (χ1) is 8.09. The third kappa shape index (κ3) is 5.36. The van der Waals surface area contributed by atoms with Gasteiger partial charge in [-0.1, -0.05) is 19.8 Å². The molecular weight excluding hydrogens is 212 g/mol. The van der Waals surface area contributed by atoms with Crippen molar-refractivity contribution in [2.45, 2.75) is 70.4 Å². The van der Waals surface area contributed by atoms with Gasteiger partial charge < -0.3 is 15.7 Å². The summed E-state index contributed by atoms with van der Waals surface area (Å²) in [4.78, 5) is 2.64. The molecule has 3 heteroatoms. The minimum absolute atomic E-state index is 0.0887. The van der Waals surface area contributed by atoms with E-state index in [1.54, 1.807) is 0 Å². The minimum atomic E-state index is -0.393. The molecule has 3 nitrogen and oxygen atoms in total. The highest BCUT2D eigenvalue weighted by molar-refractivity contribution is 4.80. The average molecular weight is 242 g/mol. The van der Waals surface area contributed by atoms with Gasteiger partial charge in [-0.2, -0.15) is 0 Å². The molecule has 2 unspecified atom stereocenters. The normalized spacial score (nSPS) is 25.8. The van der Waals surface area contributed by atoms with Gasteiger partial charge in [-0.25, -0.2) is 0 Å². The van der Waals surface area contributed by atoms with Crippen molar-refractivity contribution >= 4 is 0 Å². The quantitative estimate of drug-likeness (QED) is 0.719. The van der Waals surface area contributed by atoms with E-state index in [9.17, 15) is 0 Å². The first-order valence-corrected chi connectivity index (χ1v) is 7.23. The largest absolute Gasteiger partial charge is 0.394 e. The van der Waals surface area contributed by atoms with E-state index in [2.05, 4.69) is 11.8 Å². The lowest BCUT2D eigenvalue weighted by Crippen LogP contribution is -2.43. The van der Waals surface area contributed by atoms with E-state index < -0.39 is 5.54 Å². The maximum Gasteiger partial charge on any atom is 0.0608 e. The van der Waals surface area contributed by atoms with Crippen LogP contribution in [0.25, 0.3) is 0 Å². The Morgan fingerprint density at radius 3 is 2.82 bits per heavy atom. The average Bonchev–Trinajstić information content (AvgIpc) is 2.31. The van der Waals surface area contributed by atoms with Crippen molar-refractivity contribution in [2.75, 3.05) is 19.7 Å². The van der Waals surface area contributed by atoms with Crippen LogP contribution in [0.1, 0.15) is 58.8 Å². The SMILES string of the molecule is CCCC1CCCCN1CCCC(C)(N)CO. The molecule has 0 bridgehead atoms. The van der Waals surface area contributed by atoms with Crippen molar-refractivity contribution in [1.29, 1.82) is 0 Å². The molecule has 102 valence electrons. The summed E-state index contributed by atoms with van der Waals surface area (Å²) in [6.45, 7) is 6.70. The summed E-state index contributed by atoms with van der Waals surface area (Å²) in [5, 5.41) is 9.13. The first-order valence-electron chi connectivity index (χ1n) is 7.23. The minimum Gasteiger partial charge on any atom is -0.394 e. The second-order valence-electron chi connectivity index (χ2n) is 5.89. The van der Waals surface area contributed by atoms with Crippen LogP contribution in [-0.4, -0.2) is 41.3 Å². The topological polar surface area (TPSA) is 49.5 Å². The van der Waals surface area contributed by atoms with E-state index >= 15 is 0 Å². The highest BCUT2D eigenvalue weighted by atomic mass is 16.3. The third-order valence-corrected chi connectivity index (χ3v) is 3.93. The molecular formula is C14H30N2O. The number of hydrogen-bond donors (Lipinski definition) is 2. The predicted molar refractivity (Wildman–Crippen MR) is 73.0 cm³/mol. The van der Waals surface area contributed by atoms with Crippen molar-refractivity contribution in [3.8, 4) is 0 Å². The number of likely N-dealkylation sites (tertiary alicyclic amines) is 1. The second-order valence-corrected chi connectivity index (χ2v) is 5.89. The Balaban J connectivity index is 2.28. The molecule has 0 aliphatic carbocycles. The molecule has 0 aromatic carbocycles. The molecule has 1 heterocycles. The molecule has 2 atom stereocenters. The fourth-order valence-corrected chi connectivity index (χ4v) is 2.78. The zero-order valence-corrected chi connectivity index (χ0v) is 11.6. The fourth-order valence-electron chi connectivity index (χ4n) is 2.78. The molecule has 1 fully saturated rings. The number of nitrogens with two attached hydrogens (primary N) is 1. The lowest BCUT2D eigenvalue weighted by atomic mass is 9.95. The molecule has 1 saturated heterocycles. The maximum atomic E-state index is 9.13. The van der Waals surface area contributed by atoms with Crippen molar-refractivity contribution in [1.82, 2.24) is 4.90 Å². The van der Waals surface area contributed by atoms with Gasteiger partial charge in [0, 0.05) is 11.6 Å². The van der Waals surface area contributed by atoms with Crippen molar-refractivity contribution in [3.63, 3.8) is 0 Å². The van der Waals surface area contributed by atoms with E-state index in [1.807, 2.05) is 6.92 Å². The molecule has 0 amide bonds. The Morgan fingerprint density at radius 1 is 1.41 bits per heavy atom. The Kier molecular flexibility index (Phi) is 6.45. The number of hydrogen-bond acceptors (Lipinski definition) is 3. The van der Waals surface area contributed by atoms with Gasteiger partial charge >= 0.3 is 0 Å². The van der Waals surface area contributed by atoms with E-state index in [4.69, 9.17) is 10.8 Å². The van der Waals surface area contributed by atoms with Crippen LogP contribution in [0.5, 0.6) is 0 Å². The lowest BCUT2D eigenvalue weighted by Gasteiger charge is -2.36. The van der Waals surface area contributed by atoms with Gasteiger partial charge in [-0.05, 0) is 52.1 Å². The van der Waals surface area contributed by atoms with Crippen LogP contribution in [0.2, 0.25) is 0 Å². The molecule has 0 spiro atoms. The number of piperidine rings is 1. The highest BCUT2D eigenvalue weighted by Crippen LogP contribution is 2.21. The van der Waals surface area contributed by atoms with Gasteiger partial charge in [0.2, 0.25) is 0 Å². The van der Waals surface area contributed by atoms with Gasteiger partial charge in [-0.3, -0.25) is 0 Å². The first kappa shape index (κ1) is 14.9. The van der Waals surface area contributed by atoms with Crippen LogP contribution in [0.4, 0.5) is 0 Å². The van der Waals surface area contributed by atoms with E-state index in [-0.39, 0.29) is 6.61 Å². The molecule has 0 aromatic rings. The summed E-state index contributed by atoms with van der Waals surface area (Å²) in [5.74, 6) is 0. The number of nitrogens with zero attached hydrogens (tertiary/aromatic N) is 1. The van der Waals surface area contributed by atoms with Gasteiger partial charge in [0.25, 0.3) is 0 Å². The molecule has 1 aliphatic heterocycles. The number of aliphatic hydroxyl groups is 1. The molecule has 0 radical (unpaired) electrons. The molecule has 17 heavy (non-hydrogen) atoms. The Bertz CT molecular complexity index is 204. The Hall–Kier alpha value is -0.120. The van der Waals surface area contributed by atoms with Gasteiger partial charge in [0.05, 0.1) is 6.61 Å². The number of aliphatic hydroxyl groups excluding tert-OH is 1. The summed E-state index contributed by atoms with van der Waals surface area (Å²) in [6, 6.07) is 0.798. The smallest absolute Gasteiger partial charge is 0.0608 e. The maximum absolute atomic E-state index is 9.13. The van der Waals surface area contributed by atoms with Crippen molar-refractivity contribution < 1.29 is 5.11 Å². The summed E-state index contributed by atoms with van der Waals surface area (Å²) in [7, 11) is 0. The molecule has 0 aromatic heterocycles. The summed E-state index contributed by atoms with van der Waals surface area (Å²) >= 11 is 0. The zero-order valence-electron chi connectivity index (χ0n) is 11.6. The second kappa shape index (κ2) is 7.34. The monoisotopic (exact) mass is 242 g/mol. The Labute approximate surface area is 106 Å². The van der Waals surface area contributed by atoms with Crippen LogP contribution in [0.15, 0.2) is 0 Å². The molecule has 1 aliphatic rings. The summed E-state index contributed by atoms with van der Waals surface area (Å²) in [6.07, 6.45) is 8.75. The van der Waals surface area contributed by atoms with Gasteiger partial charge in [-0.15, -0.1) is 0 Å². The van der Waals surface area contributed by atoms with Crippen molar-refractivity contribution in [2.24, 2.45) is 5.73 Å². The van der Waals surface area contributed by atoms with Crippen molar-refractivity contribution in [3.05, 3.63) is 0 Å². The van der Waals surface area contributed by atoms with Crippen LogP contribution in [0, 0.1) is 0 Å². The van der Waals surface area contributed by atoms with E-state index in [1.165, 1.54) is 38.6 Å². The Morgan fingerprint density at radius 2 is 2.18 bits per heavy atom. The molecule has 3 N–H and O–H groups in total. The van der Waals surface area contributed by atoms with Crippen LogP contribution >= 0.6 is 0 Å². The summed E-state index contributed by atoms with van der Waals surface area (Å²) < 4.78 is 0. The lowest BCUT2D eigenvalue weighted by molar-refractivity contribution is 0.128. The van der Waals surface area contributed by atoms with Gasteiger partial charge in [0.1, 0.15) is 0 Å². The predicted octanol–water partition coefficient (Wildman–Crippen LogP) is 2.13. The third-order valence-electron chi connectivity index (χ3n) is 3.93. The summed E-state index contributed by atoms with van der Waals surface area (Å²) in [5.41, 5.74) is 5.56. The fraction of sp³-hybridized carbons (Fsp3) is 1.00. The molecule has 0 saturated carbocycles. The zero-order chi connectivity index (χ0) is 12.7. The molecule has 1 rings (SSSR count). The van der Waals surface area contributed by atoms with Gasteiger partial charge in [0.15, 0.2) is 0 Å². The standard InChI is InChI=1S/C14H30N2O/c1-3-7-13-8-4-5-10-16(13)11-6-9-14(2,15)12-17/h13,17H,3-12,15H2,1-2H3. The highest BCUT2D eigenvalue weighted by Gasteiger charge is 2.22. The van der Waals surface area contributed by atoms with E-state index in [0.29, 0.717) is 0 Å². The number of rotatable bonds is 7. The van der Waals surface area contributed by atoms with Crippen LogP contribution in [-0.2, 0) is 0 Å². The van der Waals surface area contributed by atoms with Crippen LogP contribution in [0.3, 0.4) is 0 Å².